The van der Waals surface area contributed by atoms with Crippen molar-refractivity contribution in [2.45, 2.75) is 45.3 Å². The van der Waals surface area contributed by atoms with Gasteiger partial charge >= 0.3 is 0 Å². The van der Waals surface area contributed by atoms with Gasteiger partial charge in [-0.2, -0.15) is 0 Å². The molecule has 2 aliphatic heterocycles. The van der Waals surface area contributed by atoms with Crippen LogP contribution in [-0.4, -0.2) is 41.6 Å². The Balaban J connectivity index is 1.73. The van der Waals surface area contributed by atoms with E-state index < -0.39 is 5.67 Å². The molecule has 1 atom stereocenters. The summed E-state index contributed by atoms with van der Waals surface area (Å²) >= 11 is 0. The van der Waals surface area contributed by atoms with Gasteiger partial charge in [0.25, 0.3) is 0 Å². The van der Waals surface area contributed by atoms with E-state index in [0.29, 0.717) is 25.9 Å². The molecule has 0 bridgehead atoms. The van der Waals surface area contributed by atoms with Gasteiger partial charge in [-0.3, -0.25) is 0 Å². The van der Waals surface area contributed by atoms with Crippen LogP contribution in [0.3, 0.4) is 0 Å². The fourth-order valence-electron chi connectivity index (χ4n) is 4.53. The Labute approximate surface area is 191 Å². The second-order valence-corrected chi connectivity index (χ2v) is 9.23. The highest BCUT2D eigenvalue weighted by molar-refractivity contribution is 5.97. The summed E-state index contributed by atoms with van der Waals surface area (Å²) in [7, 11) is 2.00. The van der Waals surface area contributed by atoms with Crippen LogP contribution < -0.4 is 5.32 Å². The highest BCUT2D eigenvalue weighted by atomic mass is 19.1. The van der Waals surface area contributed by atoms with Gasteiger partial charge in [-0.05, 0) is 56.9 Å². The van der Waals surface area contributed by atoms with Crippen molar-refractivity contribution in [3.8, 4) is 0 Å². The molecule has 2 aliphatic rings. The first kappa shape index (κ1) is 22.1. The Bertz CT molecular complexity index is 1080. The summed E-state index contributed by atoms with van der Waals surface area (Å²) in [6.45, 7) is 15.6. The maximum absolute atomic E-state index is 14.4. The van der Waals surface area contributed by atoms with Crippen LogP contribution in [-0.2, 0) is 0 Å². The van der Waals surface area contributed by atoms with Crippen LogP contribution in [0.25, 0.3) is 11.8 Å². The number of anilines is 1. The van der Waals surface area contributed by atoms with E-state index in [1.807, 2.05) is 30.2 Å². The maximum Gasteiger partial charge on any atom is 0.206 e. The van der Waals surface area contributed by atoms with Crippen LogP contribution in [0, 0.1) is 6.92 Å². The summed E-state index contributed by atoms with van der Waals surface area (Å²) in [5.74, 6) is 0.849. The average molecular weight is 433 g/mol. The number of nitrogens with zero attached hydrogens (tertiary/aromatic N) is 3. The number of nitrogens with one attached hydrogen (secondary N) is 1. The lowest BCUT2D eigenvalue weighted by Crippen LogP contribution is -2.49. The minimum atomic E-state index is -1.10. The van der Waals surface area contributed by atoms with E-state index in [0.717, 1.165) is 39.7 Å². The SMILES string of the molecule is C=Cc1ccccc1NC(C)c1cc(C)cc2c1N=C(N1CCC(C)(F)CC1)N(C)C2=C. The van der Waals surface area contributed by atoms with E-state index in [-0.39, 0.29) is 6.04 Å². The Morgan fingerprint density at radius 2 is 1.91 bits per heavy atom. The molecule has 2 heterocycles. The zero-order valence-electron chi connectivity index (χ0n) is 19.6. The van der Waals surface area contributed by atoms with Crippen molar-refractivity contribution >= 4 is 29.1 Å². The molecule has 1 N–H and O–H groups in total. The van der Waals surface area contributed by atoms with Crippen LogP contribution in [0.4, 0.5) is 15.8 Å². The van der Waals surface area contributed by atoms with Gasteiger partial charge in [0.15, 0.2) is 0 Å². The van der Waals surface area contributed by atoms with E-state index >= 15 is 0 Å². The molecule has 0 spiro atoms. The van der Waals surface area contributed by atoms with Crippen molar-refractivity contribution in [1.29, 1.82) is 0 Å². The zero-order chi connectivity index (χ0) is 23.0. The van der Waals surface area contributed by atoms with Crippen LogP contribution in [0.15, 0.2) is 54.5 Å². The van der Waals surface area contributed by atoms with Gasteiger partial charge in [0, 0.05) is 42.6 Å². The maximum atomic E-state index is 14.4. The van der Waals surface area contributed by atoms with Gasteiger partial charge in [0.05, 0.1) is 11.7 Å². The number of halogens is 1. The monoisotopic (exact) mass is 432 g/mol. The fourth-order valence-corrected chi connectivity index (χ4v) is 4.53. The highest BCUT2D eigenvalue weighted by Gasteiger charge is 2.34. The van der Waals surface area contributed by atoms with E-state index in [1.165, 1.54) is 5.56 Å². The van der Waals surface area contributed by atoms with E-state index in [4.69, 9.17) is 4.99 Å². The number of benzene rings is 2. The Morgan fingerprint density at radius 3 is 2.59 bits per heavy atom. The van der Waals surface area contributed by atoms with Gasteiger partial charge in [0.1, 0.15) is 5.67 Å². The van der Waals surface area contributed by atoms with Crippen molar-refractivity contribution < 1.29 is 4.39 Å². The summed E-state index contributed by atoms with van der Waals surface area (Å²) < 4.78 is 14.4. The summed E-state index contributed by atoms with van der Waals surface area (Å²) in [5.41, 5.74) is 6.21. The summed E-state index contributed by atoms with van der Waals surface area (Å²) in [4.78, 5) is 9.34. The minimum Gasteiger partial charge on any atom is -0.378 e. The number of likely N-dealkylation sites (tertiary alicyclic amines) is 1. The minimum absolute atomic E-state index is 0.0291. The molecule has 4 nitrogen and oxygen atoms in total. The average Bonchev–Trinajstić information content (AvgIpc) is 2.76. The lowest BCUT2D eigenvalue weighted by Gasteiger charge is -2.41. The number of para-hydroxylation sites is 1. The molecule has 4 rings (SSSR count). The van der Waals surface area contributed by atoms with Gasteiger partial charge in [0.2, 0.25) is 5.96 Å². The van der Waals surface area contributed by atoms with Crippen LogP contribution in [0.5, 0.6) is 0 Å². The third-order valence-corrected chi connectivity index (χ3v) is 6.62. The number of rotatable bonds is 4. The van der Waals surface area contributed by atoms with Crippen LogP contribution in [0.1, 0.15) is 55.0 Å². The molecule has 0 amide bonds. The van der Waals surface area contributed by atoms with Gasteiger partial charge in [-0.25, -0.2) is 9.38 Å². The second-order valence-electron chi connectivity index (χ2n) is 9.23. The van der Waals surface area contributed by atoms with Crippen molar-refractivity contribution in [2.24, 2.45) is 4.99 Å². The molecule has 32 heavy (non-hydrogen) atoms. The smallest absolute Gasteiger partial charge is 0.206 e. The summed E-state index contributed by atoms with van der Waals surface area (Å²) in [5, 5.41) is 3.64. The number of alkyl halides is 1. The third kappa shape index (κ3) is 4.16. The quantitative estimate of drug-likeness (QED) is 0.595. The number of fused-ring (bicyclic) bond motifs is 1. The Kier molecular flexibility index (Phi) is 5.85. The lowest BCUT2D eigenvalue weighted by molar-refractivity contribution is 0.100. The normalized spacial score (nSPS) is 18.7. The molecule has 0 saturated carbocycles. The Morgan fingerprint density at radius 1 is 1.22 bits per heavy atom. The van der Waals surface area contributed by atoms with Crippen molar-refractivity contribution in [1.82, 2.24) is 9.80 Å². The zero-order valence-corrected chi connectivity index (χ0v) is 19.6. The number of aliphatic imine (C=N–C) groups is 1. The number of piperidine rings is 1. The van der Waals surface area contributed by atoms with Gasteiger partial charge in [-0.1, -0.05) is 43.5 Å². The molecule has 0 aliphatic carbocycles. The van der Waals surface area contributed by atoms with Crippen LogP contribution in [0.2, 0.25) is 0 Å². The van der Waals surface area contributed by atoms with Crippen molar-refractivity contribution in [3.63, 3.8) is 0 Å². The van der Waals surface area contributed by atoms with Gasteiger partial charge < -0.3 is 15.1 Å². The Hall–Kier alpha value is -3.08. The van der Waals surface area contributed by atoms with Crippen molar-refractivity contribution in [2.75, 3.05) is 25.5 Å². The number of aryl methyl sites for hydroxylation is 1. The van der Waals surface area contributed by atoms with E-state index in [2.05, 4.69) is 61.5 Å². The second kappa shape index (κ2) is 8.45. The molecular formula is C27H33FN4. The first-order valence-corrected chi connectivity index (χ1v) is 11.3. The molecule has 168 valence electrons. The van der Waals surface area contributed by atoms with Crippen molar-refractivity contribution in [3.05, 3.63) is 71.8 Å². The standard InChI is InChI=1S/C27H33FN4/c1-7-21-10-8-9-11-24(21)29-19(3)22-16-18(2)17-23-20(4)31(6)26(30-25(22)23)32-14-12-27(5,28)13-15-32/h7-11,16-17,19,29H,1,4,12-15H2,2-3,5-6H3. The molecule has 1 saturated heterocycles. The number of guanidine groups is 1. The summed E-state index contributed by atoms with van der Waals surface area (Å²) in [6.07, 6.45) is 2.88. The molecule has 1 unspecified atom stereocenters. The number of hydrogen-bond acceptors (Lipinski definition) is 4. The molecule has 0 aromatic heterocycles. The first-order chi connectivity index (χ1) is 15.2. The molecular weight excluding hydrogens is 399 g/mol. The molecule has 2 aromatic carbocycles. The van der Waals surface area contributed by atoms with Crippen LogP contribution >= 0.6 is 0 Å². The third-order valence-electron chi connectivity index (χ3n) is 6.62. The lowest BCUT2D eigenvalue weighted by atomic mass is 9.94. The molecule has 0 radical (unpaired) electrons. The molecule has 5 heteroatoms. The topological polar surface area (TPSA) is 30.9 Å². The van der Waals surface area contributed by atoms with E-state index in [1.54, 1.807) is 6.92 Å². The fraction of sp³-hybridized carbons (Fsp3) is 0.370. The first-order valence-electron chi connectivity index (χ1n) is 11.3. The summed E-state index contributed by atoms with van der Waals surface area (Å²) in [6, 6.07) is 12.5. The molecule has 1 fully saturated rings. The number of hydrogen-bond donors (Lipinski definition) is 1. The van der Waals surface area contributed by atoms with E-state index in [9.17, 15) is 4.39 Å². The largest absolute Gasteiger partial charge is 0.378 e. The highest BCUT2D eigenvalue weighted by Crippen LogP contribution is 2.41. The predicted octanol–water partition coefficient (Wildman–Crippen LogP) is 6.54. The van der Waals surface area contributed by atoms with Gasteiger partial charge in [-0.15, -0.1) is 0 Å². The molecule has 2 aromatic rings. The predicted molar refractivity (Wildman–Crippen MR) is 134 cm³/mol.